The van der Waals surface area contributed by atoms with Crippen molar-refractivity contribution in [3.8, 4) is 5.75 Å². The maximum absolute atomic E-state index is 13.2. The summed E-state index contributed by atoms with van der Waals surface area (Å²) in [7, 11) is -6.44. The first-order valence-corrected chi connectivity index (χ1v) is 15.2. The molecule has 0 spiro atoms. The van der Waals surface area contributed by atoms with Gasteiger partial charge in [-0.15, -0.1) is 0 Å². The first-order chi connectivity index (χ1) is 18.0. The quantitative estimate of drug-likeness (QED) is 0.391. The van der Waals surface area contributed by atoms with E-state index in [1.807, 2.05) is 0 Å². The molecule has 1 amide bonds. The molecular formula is C25H25Cl2N3O6S2. The van der Waals surface area contributed by atoms with Crippen LogP contribution in [0.15, 0.2) is 70.5 Å². The van der Waals surface area contributed by atoms with Gasteiger partial charge in [-0.2, -0.15) is 4.31 Å². The number of methoxy groups -OCH3 is 1. The fraction of sp³-hybridized carbons (Fsp3) is 0.240. The Hall–Kier alpha value is -2.83. The number of amides is 1. The van der Waals surface area contributed by atoms with Gasteiger partial charge in [-0.3, -0.25) is 9.10 Å². The Balaban J connectivity index is 1.52. The molecule has 9 nitrogen and oxygen atoms in total. The number of fused-ring (bicyclic) bond motifs is 1. The van der Waals surface area contributed by atoms with Crippen molar-refractivity contribution in [3.63, 3.8) is 0 Å². The molecule has 1 heterocycles. The Morgan fingerprint density at radius 1 is 1.00 bits per heavy atom. The lowest BCUT2D eigenvalue weighted by Crippen LogP contribution is -2.37. The lowest BCUT2D eigenvalue weighted by Gasteiger charge is -2.21. The molecule has 0 fully saturated rings. The van der Waals surface area contributed by atoms with E-state index in [0.717, 1.165) is 9.87 Å². The number of sulfonamides is 2. The molecule has 0 saturated carbocycles. The van der Waals surface area contributed by atoms with Crippen LogP contribution in [0.4, 0.5) is 11.4 Å². The predicted octanol–water partition coefficient (Wildman–Crippen LogP) is 4.40. The second kappa shape index (κ2) is 11.1. The van der Waals surface area contributed by atoms with Crippen LogP contribution in [0, 0.1) is 0 Å². The Morgan fingerprint density at radius 2 is 1.68 bits per heavy atom. The number of carbonyl (C=O) groups excluding carboxylic acids is 1. The first kappa shape index (κ1) is 28.2. The molecule has 202 valence electrons. The minimum atomic E-state index is -4.02. The molecule has 13 heteroatoms. The van der Waals surface area contributed by atoms with E-state index in [9.17, 15) is 21.6 Å². The van der Waals surface area contributed by atoms with Crippen LogP contribution in [0.2, 0.25) is 10.0 Å². The van der Waals surface area contributed by atoms with Crippen LogP contribution in [-0.4, -0.2) is 53.8 Å². The molecule has 1 aliphatic rings. The van der Waals surface area contributed by atoms with E-state index in [0.29, 0.717) is 28.6 Å². The molecule has 0 bridgehead atoms. The van der Waals surface area contributed by atoms with Crippen LogP contribution in [0.5, 0.6) is 5.75 Å². The van der Waals surface area contributed by atoms with Crippen molar-refractivity contribution in [3.05, 3.63) is 76.3 Å². The molecule has 1 N–H and O–H groups in total. The number of hydrogen-bond acceptors (Lipinski definition) is 6. The number of likely N-dealkylation sites (N-methyl/N-ethyl adjacent to an activating group) is 1. The fourth-order valence-corrected chi connectivity index (χ4v) is 7.47. The van der Waals surface area contributed by atoms with Crippen molar-refractivity contribution in [1.29, 1.82) is 0 Å². The Labute approximate surface area is 232 Å². The zero-order chi connectivity index (χ0) is 27.7. The number of ether oxygens (including phenoxy) is 1. The third-order valence-electron chi connectivity index (χ3n) is 6.06. The van der Waals surface area contributed by atoms with Gasteiger partial charge < -0.3 is 10.1 Å². The van der Waals surface area contributed by atoms with Crippen molar-refractivity contribution in [2.24, 2.45) is 0 Å². The zero-order valence-electron chi connectivity index (χ0n) is 20.5. The molecular weight excluding hydrogens is 573 g/mol. The summed E-state index contributed by atoms with van der Waals surface area (Å²) in [6.45, 7) is 1.46. The summed E-state index contributed by atoms with van der Waals surface area (Å²) in [6.07, 6.45) is 0.517. The van der Waals surface area contributed by atoms with Gasteiger partial charge in [0, 0.05) is 23.8 Å². The molecule has 3 aromatic carbocycles. The highest BCUT2D eigenvalue weighted by molar-refractivity contribution is 7.92. The first-order valence-electron chi connectivity index (χ1n) is 11.5. The smallest absolute Gasteiger partial charge is 0.264 e. The fourth-order valence-electron chi connectivity index (χ4n) is 4.10. The van der Waals surface area contributed by atoms with Gasteiger partial charge in [-0.1, -0.05) is 36.2 Å². The van der Waals surface area contributed by atoms with Crippen LogP contribution in [0.3, 0.4) is 0 Å². The number of anilines is 2. The second-order valence-electron chi connectivity index (χ2n) is 8.40. The number of hydrogen-bond donors (Lipinski definition) is 1. The number of halogens is 2. The highest BCUT2D eigenvalue weighted by atomic mass is 35.5. The summed E-state index contributed by atoms with van der Waals surface area (Å²) in [6, 6.07) is 14.9. The van der Waals surface area contributed by atoms with Crippen LogP contribution in [0.1, 0.15) is 12.5 Å². The van der Waals surface area contributed by atoms with E-state index >= 15 is 0 Å². The average molecular weight is 599 g/mol. The SMILES string of the molecule is CCN(CC(=O)Nc1ccc2c(c1)N(S(=O)(=O)c1ccc(Cl)cc1)CC2)S(=O)(=O)c1ccc(OC)c(Cl)c1. The summed E-state index contributed by atoms with van der Waals surface area (Å²) >= 11 is 12.0. The number of rotatable bonds is 9. The summed E-state index contributed by atoms with van der Waals surface area (Å²) in [5.74, 6) is -0.254. The molecule has 38 heavy (non-hydrogen) atoms. The minimum absolute atomic E-state index is 0.0384. The maximum Gasteiger partial charge on any atom is 0.264 e. The van der Waals surface area contributed by atoms with Crippen molar-refractivity contribution in [2.75, 3.05) is 36.4 Å². The van der Waals surface area contributed by atoms with Gasteiger partial charge in [0.2, 0.25) is 15.9 Å². The van der Waals surface area contributed by atoms with Crippen LogP contribution in [-0.2, 0) is 31.3 Å². The average Bonchev–Trinajstić information content (AvgIpc) is 3.31. The minimum Gasteiger partial charge on any atom is -0.495 e. The molecule has 4 rings (SSSR count). The van der Waals surface area contributed by atoms with Crippen molar-refractivity contribution < 1.29 is 26.4 Å². The molecule has 0 radical (unpaired) electrons. The lowest BCUT2D eigenvalue weighted by molar-refractivity contribution is -0.116. The van der Waals surface area contributed by atoms with E-state index in [1.54, 1.807) is 25.1 Å². The largest absolute Gasteiger partial charge is 0.495 e. The third kappa shape index (κ3) is 5.62. The van der Waals surface area contributed by atoms with Gasteiger partial charge in [0.05, 0.1) is 34.2 Å². The number of nitrogens with one attached hydrogen (secondary N) is 1. The third-order valence-corrected chi connectivity index (χ3v) is 10.3. The summed E-state index contributed by atoms with van der Waals surface area (Å²) in [5, 5.41) is 3.23. The van der Waals surface area contributed by atoms with E-state index in [-0.39, 0.29) is 27.9 Å². The second-order valence-corrected chi connectivity index (χ2v) is 13.0. The molecule has 0 saturated heterocycles. The van der Waals surface area contributed by atoms with Gasteiger partial charge in [0.15, 0.2) is 0 Å². The van der Waals surface area contributed by atoms with Gasteiger partial charge in [-0.05, 0) is 66.6 Å². The summed E-state index contributed by atoms with van der Waals surface area (Å²) in [4.78, 5) is 12.9. The van der Waals surface area contributed by atoms with Crippen molar-refractivity contribution in [2.45, 2.75) is 23.1 Å². The molecule has 0 aliphatic carbocycles. The van der Waals surface area contributed by atoms with Gasteiger partial charge >= 0.3 is 0 Å². The standard InChI is InChI=1S/C25H25Cl2N3O6S2/c1-3-29(37(32,33)21-10-11-24(36-2)22(27)15-21)16-25(31)28-19-7-4-17-12-13-30(23(17)14-19)38(34,35)20-8-5-18(26)6-9-20/h4-11,14-15H,3,12-13,16H2,1-2H3,(H,28,31). The summed E-state index contributed by atoms with van der Waals surface area (Å²) in [5.41, 5.74) is 1.60. The number of nitrogens with zero attached hydrogens (tertiary/aromatic N) is 2. The molecule has 0 unspecified atom stereocenters. The van der Waals surface area contributed by atoms with Crippen molar-refractivity contribution in [1.82, 2.24) is 4.31 Å². The Bertz CT molecular complexity index is 1580. The van der Waals surface area contributed by atoms with Crippen LogP contribution >= 0.6 is 23.2 Å². The van der Waals surface area contributed by atoms with Gasteiger partial charge in [0.25, 0.3) is 10.0 Å². The predicted molar refractivity (Wildman–Crippen MR) is 147 cm³/mol. The van der Waals surface area contributed by atoms with Crippen molar-refractivity contribution >= 4 is 60.5 Å². The molecule has 0 aromatic heterocycles. The Morgan fingerprint density at radius 3 is 2.32 bits per heavy atom. The Kier molecular flexibility index (Phi) is 8.24. The van der Waals surface area contributed by atoms with E-state index in [2.05, 4.69) is 5.32 Å². The topological polar surface area (TPSA) is 113 Å². The highest BCUT2D eigenvalue weighted by Crippen LogP contribution is 2.35. The van der Waals surface area contributed by atoms with Gasteiger partial charge in [-0.25, -0.2) is 16.8 Å². The number of benzene rings is 3. The normalized spacial score (nSPS) is 13.4. The van der Waals surface area contributed by atoms with Crippen LogP contribution in [0.25, 0.3) is 0 Å². The number of carbonyl (C=O) groups is 1. The monoisotopic (exact) mass is 597 g/mol. The molecule has 0 atom stereocenters. The van der Waals surface area contributed by atoms with E-state index in [1.165, 1.54) is 53.9 Å². The zero-order valence-corrected chi connectivity index (χ0v) is 23.7. The van der Waals surface area contributed by atoms with E-state index in [4.69, 9.17) is 27.9 Å². The maximum atomic E-state index is 13.2. The lowest BCUT2D eigenvalue weighted by atomic mass is 10.1. The van der Waals surface area contributed by atoms with Gasteiger partial charge in [0.1, 0.15) is 5.75 Å². The summed E-state index contributed by atoms with van der Waals surface area (Å²) < 4.78 is 60.1. The molecule has 3 aromatic rings. The molecule has 1 aliphatic heterocycles. The van der Waals surface area contributed by atoms with E-state index < -0.39 is 32.5 Å². The van der Waals surface area contributed by atoms with Crippen LogP contribution < -0.4 is 14.4 Å². The highest BCUT2D eigenvalue weighted by Gasteiger charge is 2.31.